The summed E-state index contributed by atoms with van der Waals surface area (Å²) in [6, 6.07) is 44.0. The zero-order valence-corrected chi connectivity index (χ0v) is 29.2. The Hall–Kier alpha value is -6.53. The summed E-state index contributed by atoms with van der Waals surface area (Å²) < 4.78 is 12.8. The van der Waals surface area contributed by atoms with Gasteiger partial charge in [-0.15, -0.1) is 16.4 Å². The molecule has 244 valence electrons. The van der Waals surface area contributed by atoms with Gasteiger partial charge in [0.2, 0.25) is 0 Å². The average Bonchev–Trinajstić information content (AvgIpc) is 3.80. The molecule has 3 aromatic heterocycles. The molecule has 0 N–H and O–H groups in total. The van der Waals surface area contributed by atoms with Crippen LogP contribution in [-0.4, -0.2) is 54.2 Å². The molecule has 0 aliphatic heterocycles. The zero-order chi connectivity index (χ0) is 37.4. The number of fused-ring (bicyclic) bond motifs is 6. The summed E-state index contributed by atoms with van der Waals surface area (Å²) in [7, 11) is 31.0. The average molecular weight is 691 g/mol. The second-order valence-corrected chi connectivity index (χ2v) is 13.5. The van der Waals surface area contributed by atoms with Gasteiger partial charge < -0.3 is 8.83 Å². The maximum Gasteiger partial charge on any atom is 0.164 e. The molecule has 10 rings (SSSR count). The van der Waals surface area contributed by atoms with Crippen LogP contribution in [0.25, 0.3) is 100 Å². The van der Waals surface area contributed by atoms with Gasteiger partial charge >= 0.3 is 0 Å². The Morgan fingerprint density at radius 3 is 1.64 bits per heavy atom. The molecule has 0 spiro atoms. The van der Waals surface area contributed by atoms with E-state index in [1.807, 2.05) is 91.0 Å². The van der Waals surface area contributed by atoms with Crippen molar-refractivity contribution in [1.82, 2.24) is 15.0 Å². The Morgan fingerprint density at radius 1 is 0.345 bits per heavy atom. The summed E-state index contributed by atoms with van der Waals surface area (Å²) in [5, 5.41) is 4.16. The topological polar surface area (TPSA) is 65.0 Å². The lowest BCUT2D eigenvalue weighted by Gasteiger charge is -2.21. The summed E-state index contributed by atoms with van der Waals surface area (Å²) in [5.41, 5.74) is 10.0. The molecule has 55 heavy (non-hydrogen) atoms. The van der Waals surface area contributed by atoms with Crippen LogP contribution < -0.4 is 27.3 Å². The standard InChI is InChI=1S/C45H22B5N3O2/c46-37-36(38(47)40(49)41(50)39(37)48)23-13-15-25(16-14-23)44-51-43(24-7-2-1-3-8-24)52-45(53-44)27-17-19-30-32-21-26(18-20-34(32)54-35(30)22-27)28-10-6-11-31-29-9-4-5-12-33(29)55-42(28)31/h1-22H. The third kappa shape index (κ3) is 5.43. The van der Waals surface area contributed by atoms with Crippen LogP contribution in [0.2, 0.25) is 0 Å². The third-order valence-corrected chi connectivity index (χ3v) is 10.2. The van der Waals surface area contributed by atoms with E-state index in [0.717, 1.165) is 77.3 Å². The maximum absolute atomic E-state index is 6.43. The highest BCUT2D eigenvalue weighted by Crippen LogP contribution is 2.39. The Kier molecular flexibility index (Phi) is 7.70. The van der Waals surface area contributed by atoms with E-state index < -0.39 is 0 Å². The molecule has 0 fully saturated rings. The van der Waals surface area contributed by atoms with E-state index in [1.54, 1.807) is 0 Å². The van der Waals surface area contributed by atoms with Gasteiger partial charge in [0.15, 0.2) is 17.5 Å². The SMILES string of the molecule is [B]c1c([B])c([B])c(-c2ccc(-c3nc(-c4ccccc4)nc(-c4ccc5c(c4)oc4ccc(-c6cccc7c6oc6ccccc67)cc45)n3)cc2)c([B])c1[B]. The molecule has 10 radical (unpaired) electrons. The van der Waals surface area contributed by atoms with Crippen molar-refractivity contribution in [3.63, 3.8) is 0 Å². The van der Waals surface area contributed by atoms with E-state index in [-0.39, 0.29) is 27.3 Å². The minimum absolute atomic E-state index is 0.170. The largest absolute Gasteiger partial charge is 0.456 e. The van der Waals surface area contributed by atoms with Gasteiger partial charge in [-0.25, -0.2) is 15.0 Å². The van der Waals surface area contributed by atoms with Crippen molar-refractivity contribution in [1.29, 1.82) is 0 Å². The number of furan rings is 2. The van der Waals surface area contributed by atoms with Crippen LogP contribution in [0.4, 0.5) is 0 Å². The fourth-order valence-electron chi connectivity index (χ4n) is 7.36. The Balaban J connectivity index is 1.06. The molecule has 0 bridgehead atoms. The molecule has 3 heterocycles. The van der Waals surface area contributed by atoms with Crippen molar-refractivity contribution in [2.45, 2.75) is 0 Å². The van der Waals surface area contributed by atoms with E-state index in [2.05, 4.69) is 42.5 Å². The Bertz CT molecular complexity index is 3130. The molecule has 10 aromatic rings. The van der Waals surface area contributed by atoms with E-state index in [0.29, 0.717) is 23.0 Å². The summed E-state index contributed by atoms with van der Waals surface area (Å²) in [5.74, 6) is 1.52. The van der Waals surface area contributed by atoms with Crippen molar-refractivity contribution in [2.75, 3.05) is 0 Å². The molecule has 10 heteroatoms. The number of aromatic nitrogens is 3. The van der Waals surface area contributed by atoms with Gasteiger partial charge in [0.05, 0.1) is 0 Å². The number of hydrogen-bond acceptors (Lipinski definition) is 5. The second kappa shape index (κ2) is 12.8. The lowest BCUT2D eigenvalue weighted by Crippen LogP contribution is -2.55. The highest BCUT2D eigenvalue weighted by molar-refractivity contribution is 6.68. The predicted molar refractivity (Wildman–Crippen MR) is 229 cm³/mol. The molecule has 0 amide bonds. The van der Waals surface area contributed by atoms with Gasteiger partial charge in [-0.3, -0.25) is 0 Å². The van der Waals surface area contributed by atoms with E-state index >= 15 is 0 Å². The quantitative estimate of drug-likeness (QED) is 0.208. The highest BCUT2D eigenvalue weighted by Gasteiger charge is 2.18. The normalized spacial score (nSPS) is 11.6. The van der Waals surface area contributed by atoms with Crippen molar-refractivity contribution < 1.29 is 8.83 Å². The number of benzene rings is 7. The van der Waals surface area contributed by atoms with Crippen molar-refractivity contribution in [2.24, 2.45) is 0 Å². The molecule has 0 aliphatic rings. The third-order valence-electron chi connectivity index (χ3n) is 10.2. The first kappa shape index (κ1) is 33.1. The zero-order valence-electron chi connectivity index (χ0n) is 29.2. The highest BCUT2D eigenvalue weighted by atomic mass is 16.3. The molecule has 0 saturated heterocycles. The maximum atomic E-state index is 6.43. The van der Waals surface area contributed by atoms with E-state index in [1.165, 1.54) is 0 Å². The minimum atomic E-state index is 0.170. The minimum Gasteiger partial charge on any atom is -0.456 e. The molecule has 7 aromatic carbocycles. The molecule has 0 aliphatic carbocycles. The van der Waals surface area contributed by atoms with Crippen LogP contribution >= 0.6 is 0 Å². The van der Waals surface area contributed by atoms with Gasteiger partial charge in [-0.2, -0.15) is 0 Å². The van der Waals surface area contributed by atoms with E-state index in [9.17, 15) is 0 Å². The fraction of sp³-hybridized carbons (Fsp3) is 0. The molecule has 0 unspecified atom stereocenters. The van der Waals surface area contributed by atoms with Crippen molar-refractivity contribution in [3.05, 3.63) is 133 Å². The number of rotatable bonds is 5. The molecule has 5 nitrogen and oxygen atoms in total. The lowest BCUT2D eigenvalue weighted by molar-refractivity contribution is 0.668. The Morgan fingerprint density at radius 2 is 0.891 bits per heavy atom. The number of nitrogens with zero attached hydrogens (tertiary/aromatic N) is 3. The molecular formula is C45H22B5N3O2. The smallest absolute Gasteiger partial charge is 0.164 e. The van der Waals surface area contributed by atoms with Gasteiger partial charge in [-0.05, 0) is 47.0 Å². The molecular weight excluding hydrogens is 669 g/mol. The van der Waals surface area contributed by atoms with Crippen LogP contribution in [-0.2, 0) is 0 Å². The second-order valence-electron chi connectivity index (χ2n) is 13.5. The van der Waals surface area contributed by atoms with Crippen LogP contribution in [0.15, 0.2) is 142 Å². The first-order valence-electron chi connectivity index (χ1n) is 17.6. The number of hydrogen-bond donors (Lipinski definition) is 0. The van der Waals surface area contributed by atoms with Gasteiger partial charge in [0.1, 0.15) is 61.6 Å². The van der Waals surface area contributed by atoms with Crippen LogP contribution in [0.5, 0.6) is 0 Å². The summed E-state index contributed by atoms with van der Waals surface area (Å²) in [4.78, 5) is 14.8. The number of para-hydroxylation sites is 2. The lowest BCUT2D eigenvalue weighted by atomic mass is 9.59. The monoisotopic (exact) mass is 691 g/mol. The summed E-state index contributed by atoms with van der Waals surface area (Å²) in [6.07, 6.45) is 0. The van der Waals surface area contributed by atoms with Gasteiger partial charge in [0.25, 0.3) is 0 Å². The van der Waals surface area contributed by atoms with Gasteiger partial charge in [0, 0.05) is 43.8 Å². The van der Waals surface area contributed by atoms with Gasteiger partial charge in [-0.1, -0.05) is 114 Å². The first-order chi connectivity index (χ1) is 26.8. The molecule has 0 saturated carbocycles. The van der Waals surface area contributed by atoms with Crippen molar-refractivity contribution in [3.8, 4) is 56.4 Å². The fourth-order valence-corrected chi connectivity index (χ4v) is 7.36. The van der Waals surface area contributed by atoms with Crippen LogP contribution in [0.1, 0.15) is 0 Å². The van der Waals surface area contributed by atoms with E-state index in [4.69, 9.17) is 63.0 Å². The van der Waals surface area contributed by atoms with Crippen LogP contribution in [0.3, 0.4) is 0 Å². The predicted octanol–water partition coefficient (Wildman–Crippen LogP) is 5.97. The Labute approximate surface area is 322 Å². The summed E-state index contributed by atoms with van der Waals surface area (Å²) in [6.45, 7) is 0. The van der Waals surface area contributed by atoms with Crippen LogP contribution in [0, 0.1) is 0 Å². The summed E-state index contributed by atoms with van der Waals surface area (Å²) >= 11 is 0. The van der Waals surface area contributed by atoms with Crippen molar-refractivity contribution >= 4 is 110 Å². The molecule has 0 atom stereocenters. The first-order valence-corrected chi connectivity index (χ1v) is 17.6.